The Morgan fingerprint density at radius 3 is 2.12 bits per heavy atom. The molecule has 1 aliphatic heterocycles. The van der Waals surface area contributed by atoms with E-state index in [4.69, 9.17) is 4.74 Å². The predicted octanol–water partition coefficient (Wildman–Crippen LogP) is 3.26. The fourth-order valence-electron chi connectivity index (χ4n) is 3.96. The summed E-state index contributed by atoms with van der Waals surface area (Å²) >= 11 is 0. The summed E-state index contributed by atoms with van der Waals surface area (Å²) in [7, 11) is 1.52. The van der Waals surface area contributed by atoms with Crippen molar-refractivity contribution in [1.29, 1.82) is 0 Å². The Morgan fingerprint density at radius 1 is 1.06 bits per heavy atom. The van der Waals surface area contributed by atoms with Crippen molar-refractivity contribution in [3.8, 4) is 0 Å². The van der Waals surface area contributed by atoms with E-state index in [2.05, 4.69) is 5.32 Å². The van der Waals surface area contributed by atoms with Gasteiger partial charge in [0.1, 0.15) is 23.7 Å². The molecule has 0 radical (unpaired) electrons. The van der Waals surface area contributed by atoms with Gasteiger partial charge in [-0.25, -0.2) is 9.59 Å². The Balaban J connectivity index is 3.12. The number of rotatable bonds is 9. The number of carbonyl (C=O) groups is 4. The van der Waals surface area contributed by atoms with E-state index in [0.717, 1.165) is 12.8 Å². The number of nitrogens with one attached hydrogen (secondary N) is 1. The number of hydrogen-bond acceptors (Lipinski definition) is 5. The minimum Gasteiger partial charge on any atom is -0.480 e. The Hall–Kier alpha value is -2.32. The highest BCUT2D eigenvalue weighted by Crippen LogP contribution is 2.21. The molecule has 1 aliphatic rings. The van der Waals surface area contributed by atoms with Crippen LogP contribution < -0.4 is 5.32 Å². The SMILES string of the molecule is CC(C)C[C@H](NC(=O)[C@H](CC(C)C)N(C)C(=O)OC(C)(C)C)C(=O)N1CCCC[C@@H]1C(=O)O. The summed E-state index contributed by atoms with van der Waals surface area (Å²) in [5.74, 6) is -1.64. The van der Waals surface area contributed by atoms with Gasteiger partial charge >= 0.3 is 12.1 Å². The number of likely N-dealkylation sites (tertiary alicyclic amines) is 1. The van der Waals surface area contributed by atoms with Crippen molar-refractivity contribution in [3.05, 3.63) is 0 Å². The molecular formula is C24H43N3O6. The Bertz CT molecular complexity index is 701. The van der Waals surface area contributed by atoms with E-state index in [1.807, 2.05) is 27.7 Å². The lowest BCUT2D eigenvalue weighted by Gasteiger charge is -2.37. The smallest absolute Gasteiger partial charge is 0.410 e. The molecule has 0 spiro atoms. The molecule has 0 unspecified atom stereocenters. The van der Waals surface area contributed by atoms with Crippen LogP contribution >= 0.6 is 0 Å². The van der Waals surface area contributed by atoms with E-state index >= 15 is 0 Å². The van der Waals surface area contributed by atoms with Crippen LogP contribution in [0.5, 0.6) is 0 Å². The summed E-state index contributed by atoms with van der Waals surface area (Å²) in [5, 5.41) is 12.4. The number of carboxylic acid groups (broad SMARTS) is 1. The van der Waals surface area contributed by atoms with Gasteiger partial charge in [-0.2, -0.15) is 0 Å². The third-order valence-corrected chi connectivity index (χ3v) is 5.54. The van der Waals surface area contributed by atoms with Crippen molar-refractivity contribution in [2.24, 2.45) is 11.8 Å². The molecule has 1 rings (SSSR count). The molecule has 33 heavy (non-hydrogen) atoms. The molecule has 2 N–H and O–H groups in total. The molecule has 1 saturated heterocycles. The molecule has 0 bridgehead atoms. The first-order valence-corrected chi connectivity index (χ1v) is 11.9. The molecule has 0 aliphatic carbocycles. The van der Waals surface area contributed by atoms with Crippen LogP contribution in [0.1, 0.15) is 80.6 Å². The minimum atomic E-state index is -1.03. The first-order valence-electron chi connectivity index (χ1n) is 11.9. The second kappa shape index (κ2) is 12.2. The number of hydrogen-bond donors (Lipinski definition) is 2. The number of aliphatic carboxylic acids is 1. The first kappa shape index (κ1) is 28.7. The fourth-order valence-corrected chi connectivity index (χ4v) is 3.96. The summed E-state index contributed by atoms with van der Waals surface area (Å²) in [6, 6.07) is -2.56. The van der Waals surface area contributed by atoms with E-state index in [0.29, 0.717) is 25.8 Å². The standard InChI is InChI=1S/C24H43N3O6/c1-15(2)13-17(21(29)27-12-10-9-11-18(27)22(30)31)25-20(28)19(14-16(3)4)26(8)23(32)33-24(5,6)7/h15-19H,9-14H2,1-8H3,(H,25,28)(H,30,31)/t17-,18+,19-/m0/s1. The highest BCUT2D eigenvalue weighted by molar-refractivity contribution is 5.93. The van der Waals surface area contributed by atoms with Crippen molar-refractivity contribution in [3.63, 3.8) is 0 Å². The normalized spacial score (nSPS) is 18.6. The number of ether oxygens (including phenoxy) is 1. The molecule has 0 saturated carbocycles. The molecular weight excluding hydrogens is 426 g/mol. The largest absolute Gasteiger partial charge is 0.480 e. The average molecular weight is 470 g/mol. The molecule has 9 heteroatoms. The van der Waals surface area contributed by atoms with Crippen molar-refractivity contribution < 1.29 is 29.0 Å². The van der Waals surface area contributed by atoms with Gasteiger partial charge in [0.2, 0.25) is 11.8 Å². The van der Waals surface area contributed by atoms with Crippen LogP contribution in [0.3, 0.4) is 0 Å². The van der Waals surface area contributed by atoms with Crippen LogP contribution in [0, 0.1) is 11.8 Å². The number of carbonyl (C=O) groups excluding carboxylic acids is 3. The predicted molar refractivity (Wildman–Crippen MR) is 126 cm³/mol. The molecule has 1 fully saturated rings. The summed E-state index contributed by atoms with van der Waals surface area (Å²) in [4.78, 5) is 53.7. The highest BCUT2D eigenvalue weighted by Gasteiger charge is 2.38. The van der Waals surface area contributed by atoms with Gasteiger partial charge in [-0.3, -0.25) is 14.5 Å². The molecule has 3 amide bonds. The van der Waals surface area contributed by atoms with Gasteiger partial charge in [-0.1, -0.05) is 27.7 Å². The lowest BCUT2D eigenvalue weighted by molar-refractivity contribution is -0.153. The topological polar surface area (TPSA) is 116 Å². The Kier molecular flexibility index (Phi) is 10.6. The van der Waals surface area contributed by atoms with E-state index in [1.54, 1.807) is 20.8 Å². The van der Waals surface area contributed by atoms with Crippen molar-refractivity contribution >= 4 is 23.9 Å². The fraction of sp³-hybridized carbons (Fsp3) is 0.833. The van der Waals surface area contributed by atoms with Crippen LogP contribution in [0.25, 0.3) is 0 Å². The lowest BCUT2D eigenvalue weighted by Crippen LogP contribution is -2.58. The molecule has 1 heterocycles. The first-order chi connectivity index (χ1) is 15.1. The van der Waals surface area contributed by atoms with E-state index < -0.39 is 41.7 Å². The molecule has 0 aromatic heterocycles. The zero-order chi connectivity index (χ0) is 25.5. The van der Waals surface area contributed by atoms with Crippen LogP contribution in [-0.4, -0.2) is 76.1 Å². The van der Waals surface area contributed by atoms with E-state index in [1.165, 1.54) is 16.8 Å². The van der Waals surface area contributed by atoms with Crippen molar-refractivity contribution in [2.75, 3.05) is 13.6 Å². The monoisotopic (exact) mass is 469 g/mol. The third-order valence-electron chi connectivity index (χ3n) is 5.54. The van der Waals surface area contributed by atoms with Gasteiger partial charge in [0, 0.05) is 13.6 Å². The van der Waals surface area contributed by atoms with E-state index in [-0.39, 0.29) is 17.7 Å². The number of likely N-dealkylation sites (N-methyl/N-ethyl adjacent to an activating group) is 1. The summed E-state index contributed by atoms with van der Waals surface area (Å²) in [6.07, 6.45) is 2.04. The molecule has 0 aromatic carbocycles. The second-order valence-corrected chi connectivity index (χ2v) is 10.8. The number of nitrogens with zero attached hydrogens (tertiary/aromatic N) is 2. The zero-order valence-corrected chi connectivity index (χ0v) is 21.5. The zero-order valence-electron chi connectivity index (χ0n) is 21.5. The van der Waals surface area contributed by atoms with Gasteiger partial charge in [0.25, 0.3) is 0 Å². The quantitative estimate of drug-likeness (QED) is 0.535. The molecule has 0 aromatic rings. The van der Waals surface area contributed by atoms with Crippen molar-refractivity contribution in [1.82, 2.24) is 15.1 Å². The third kappa shape index (κ3) is 9.21. The summed E-state index contributed by atoms with van der Waals surface area (Å²) in [6.45, 7) is 13.4. The summed E-state index contributed by atoms with van der Waals surface area (Å²) < 4.78 is 5.43. The second-order valence-electron chi connectivity index (χ2n) is 10.8. The van der Waals surface area contributed by atoms with Crippen LogP contribution in [0.2, 0.25) is 0 Å². The maximum absolute atomic E-state index is 13.4. The maximum Gasteiger partial charge on any atom is 0.410 e. The van der Waals surface area contributed by atoms with Crippen LogP contribution in [0.4, 0.5) is 4.79 Å². The van der Waals surface area contributed by atoms with Crippen LogP contribution in [0.15, 0.2) is 0 Å². The Labute approximate surface area is 198 Å². The van der Waals surface area contributed by atoms with Crippen molar-refractivity contribution in [2.45, 2.75) is 104 Å². The van der Waals surface area contributed by atoms with Gasteiger partial charge in [0.05, 0.1) is 0 Å². The maximum atomic E-state index is 13.4. The van der Waals surface area contributed by atoms with Gasteiger partial charge in [-0.05, 0) is 64.7 Å². The number of piperidine rings is 1. The Morgan fingerprint density at radius 2 is 1.64 bits per heavy atom. The van der Waals surface area contributed by atoms with Gasteiger partial charge in [0.15, 0.2) is 0 Å². The molecule has 9 nitrogen and oxygen atoms in total. The van der Waals surface area contributed by atoms with E-state index in [9.17, 15) is 24.3 Å². The minimum absolute atomic E-state index is 0.0967. The average Bonchev–Trinajstić information content (AvgIpc) is 2.68. The highest BCUT2D eigenvalue weighted by atomic mass is 16.6. The number of amides is 3. The lowest BCUT2D eigenvalue weighted by atomic mass is 9.96. The van der Waals surface area contributed by atoms with Gasteiger partial charge in [-0.15, -0.1) is 0 Å². The van der Waals surface area contributed by atoms with Gasteiger partial charge < -0.3 is 20.1 Å². The molecule has 3 atom stereocenters. The number of carboxylic acids is 1. The molecule has 190 valence electrons. The van der Waals surface area contributed by atoms with Crippen LogP contribution in [-0.2, 0) is 19.1 Å². The summed E-state index contributed by atoms with van der Waals surface area (Å²) in [5.41, 5.74) is -0.708.